The molecule has 4 rings (SSSR count). The number of aryl methyl sites for hydroxylation is 1. The summed E-state index contributed by atoms with van der Waals surface area (Å²) in [7, 11) is 0. The van der Waals surface area contributed by atoms with E-state index in [1.807, 2.05) is 18.2 Å². The maximum Gasteiger partial charge on any atom is 0.251 e. The molecule has 1 saturated carbocycles. The van der Waals surface area contributed by atoms with Crippen molar-refractivity contribution < 1.29 is 14.7 Å². The number of amides is 2. The van der Waals surface area contributed by atoms with Crippen LogP contribution in [0.1, 0.15) is 60.0 Å². The van der Waals surface area contributed by atoms with Crippen LogP contribution >= 0.6 is 0 Å². The van der Waals surface area contributed by atoms with Crippen molar-refractivity contribution in [1.29, 1.82) is 0 Å². The summed E-state index contributed by atoms with van der Waals surface area (Å²) in [6.45, 7) is 1.04. The van der Waals surface area contributed by atoms with Gasteiger partial charge in [0.15, 0.2) is 0 Å². The van der Waals surface area contributed by atoms with E-state index in [0.717, 1.165) is 63.6 Å². The van der Waals surface area contributed by atoms with Gasteiger partial charge >= 0.3 is 0 Å². The van der Waals surface area contributed by atoms with Gasteiger partial charge in [-0.25, -0.2) is 0 Å². The Balaban J connectivity index is 1.34. The van der Waals surface area contributed by atoms with Crippen molar-refractivity contribution >= 4 is 17.9 Å². The van der Waals surface area contributed by atoms with Gasteiger partial charge in [0.2, 0.25) is 5.91 Å². The monoisotopic (exact) mass is 368 g/mol. The summed E-state index contributed by atoms with van der Waals surface area (Å²) < 4.78 is 0. The number of piperidine rings is 1. The SMILES string of the molecule is O=C(NC1CCC2(CCN(C(=O)CO)CC2)C1)c1ccc2c(c1)CCC=C2. The lowest BCUT2D eigenvalue weighted by Gasteiger charge is -2.39. The minimum atomic E-state index is -0.401. The molecule has 27 heavy (non-hydrogen) atoms. The average molecular weight is 368 g/mol. The molecule has 0 radical (unpaired) electrons. The number of carbonyl (C=O) groups is 2. The lowest BCUT2D eigenvalue weighted by molar-refractivity contribution is -0.136. The summed E-state index contributed by atoms with van der Waals surface area (Å²) in [5, 5.41) is 12.3. The first-order valence-corrected chi connectivity index (χ1v) is 10.1. The third-order valence-electron chi connectivity index (χ3n) is 6.63. The highest BCUT2D eigenvalue weighted by molar-refractivity contribution is 5.95. The molecule has 2 amide bonds. The van der Waals surface area contributed by atoms with E-state index in [1.165, 1.54) is 11.1 Å². The number of benzene rings is 1. The smallest absolute Gasteiger partial charge is 0.251 e. The van der Waals surface area contributed by atoms with Crippen molar-refractivity contribution in [3.05, 3.63) is 41.0 Å². The van der Waals surface area contributed by atoms with E-state index in [1.54, 1.807) is 4.90 Å². The summed E-state index contributed by atoms with van der Waals surface area (Å²) in [4.78, 5) is 26.1. The molecule has 1 aromatic rings. The molecule has 0 bridgehead atoms. The van der Waals surface area contributed by atoms with Gasteiger partial charge in [-0.15, -0.1) is 0 Å². The van der Waals surface area contributed by atoms with Gasteiger partial charge in [-0.1, -0.05) is 18.2 Å². The number of nitrogens with one attached hydrogen (secondary N) is 1. The normalized spacial score (nSPS) is 23.3. The molecule has 5 heteroatoms. The van der Waals surface area contributed by atoms with Gasteiger partial charge in [-0.2, -0.15) is 0 Å². The third-order valence-corrected chi connectivity index (χ3v) is 6.63. The highest BCUT2D eigenvalue weighted by Gasteiger charge is 2.42. The number of likely N-dealkylation sites (tertiary alicyclic amines) is 1. The second-order valence-electron chi connectivity index (χ2n) is 8.31. The minimum absolute atomic E-state index is 0.0299. The van der Waals surface area contributed by atoms with E-state index in [4.69, 9.17) is 5.11 Å². The van der Waals surface area contributed by atoms with Crippen LogP contribution in [0.5, 0.6) is 0 Å². The first-order valence-electron chi connectivity index (χ1n) is 10.1. The van der Waals surface area contributed by atoms with Crippen LogP contribution in [-0.2, 0) is 11.2 Å². The first-order chi connectivity index (χ1) is 13.1. The maximum absolute atomic E-state index is 12.7. The largest absolute Gasteiger partial charge is 0.387 e. The van der Waals surface area contributed by atoms with Crippen molar-refractivity contribution in [2.24, 2.45) is 5.41 Å². The van der Waals surface area contributed by atoms with Crippen LogP contribution < -0.4 is 5.32 Å². The molecule has 144 valence electrons. The third kappa shape index (κ3) is 3.79. The molecule has 1 heterocycles. The number of fused-ring (bicyclic) bond motifs is 1. The highest BCUT2D eigenvalue weighted by atomic mass is 16.3. The maximum atomic E-state index is 12.7. The van der Waals surface area contributed by atoms with Gasteiger partial charge in [0.1, 0.15) is 6.61 Å². The van der Waals surface area contributed by atoms with E-state index < -0.39 is 6.61 Å². The number of nitrogens with zero attached hydrogens (tertiary/aromatic N) is 1. The van der Waals surface area contributed by atoms with Crippen LogP contribution in [0.2, 0.25) is 0 Å². The summed E-state index contributed by atoms with van der Waals surface area (Å²) in [5.74, 6) is -0.141. The zero-order valence-electron chi connectivity index (χ0n) is 15.7. The van der Waals surface area contributed by atoms with Gasteiger partial charge in [0.05, 0.1) is 0 Å². The molecule has 1 aromatic carbocycles. The Labute approximate surface area is 160 Å². The molecule has 1 saturated heterocycles. The number of aliphatic hydroxyl groups is 1. The Morgan fingerprint density at radius 2 is 2.04 bits per heavy atom. The number of carbonyl (C=O) groups excluding carboxylic acids is 2. The van der Waals surface area contributed by atoms with E-state index in [9.17, 15) is 9.59 Å². The Hall–Kier alpha value is -2.14. The molecule has 2 N–H and O–H groups in total. The van der Waals surface area contributed by atoms with Crippen molar-refractivity contribution in [1.82, 2.24) is 10.2 Å². The predicted molar refractivity (Wildman–Crippen MR) is 104 cm³/mol. The molecule has 2 aliphatic carbocycles. The molecular formula is C22H28N2O3. The van der Waals surface area contributed by atoms with Gasteiger partial charge < -0.3 is 15.3 Å². The number of hydrogen-bond donors (Lipinski definition) is 2. The van der Waals surface area contributed by atoms with Crippen LogP contribution in [0, 0.1) is 5.41 Å². The molecule has 1 unspecified atom stereocenters. The topological polar surface area (TPSA) is 69.6 Å². The Bertz CT molecular complexity index is 763. The molecule has 1 atom stereocenters. The van der Waals surface area contributed by atoms with Crippen LogP contribution in [0.4, 0.5) is 0 Å². The zero-order valence-corrected chi connectivity index (χ0v) is 15.7. The molecule has 1 spiro atoms. The summed E-state index contributed by atoms with van der Waals surface area (Å²) in [6.07, 6.45) is 11.4. The lowest BCUT2D eigenvalue weighted by Crippen LogP contribution is -2.44. The van der Waals surface area contributed by atoms with Crippen molar-refractivity contribution in [2.45, 2.75) is 51.0 Å². The Kier molecular flexibility index (Phi) is 5.04. The van der Waals surface area contributed by atoms with Crippen LogP contribution in [-0.4, -0.2) is 47.6 Å². The molecular weight excluding hydrogens is 340 g/mol. The lowest BCUT2D eigenvalue weighted by atomic mass is 9.77. The van der Waals surface area contributed by atoms with Gasteiger partial charge in [0, 0.05) is 24.7 Å². The van der Waals surface area contributed by atoms with Crippen LogP contribution in [0.3, 0.4) is 0 Å². The standard InChI is InChI=1S/C22H28N2O3/c25-15-20(26)24-11-9-22(10-12-24)8-7-19(14-22)23-21(27)18-6-5-16-3-1-2-4-17(16)13-18/h1,3,5-6,13,19,25H,2,4,7-12,14-15H2,(H,23,27). The Morgan fingerprint density at radius 1 is 1.22 bits per heavy atom. The minimum Gasteiger partial charge on any atom is -0.387 e. The van der Waals surface area contributed by atoms with Crippen molar-refractivity contribution in [3.63, 3.8) is 0 Å². The summed E-state index contributed by atoms with van der Waals surface area (Å²) >= 11 is 0. The number of allylic oxidation sites excluding steroid dienone is 1. The van der Waals surface area contributed by atoms with Crippen molar-refractivity contribution in [3.8, 4) is 0 Å². The van der Waals surface area contributed by atoms with Crippen LogP contribution in [0.25, 0.3) is 6.08 Å². The van der Waals surface area contributed by atoms with E-state index in [-0.39, 0.29) is 23.3 Å². The predicted octanol–water partition coefficient (Wildman–Crippen LogP) is 2.53. The summed E-state index contributed by atoms with van der Waals surface area (Å²) in [6, 6.07) is 6.23. The van der Waals surface area contributed by atoms with E-state index in [0.29, 0.717) is 0 Å². The molecule has 3 aliphatic rings. The summed E-state index contributed by atoms with van der Waals surface area (Å²) in [5.41, 5.74) is 3.48. The van der Waals surface area contributed by atoms with E-state index in [2.05, 4.69) is 17.5 Å². The van der Waals surface area contributed by atoms with Crippen molar-refractivity contribution in [2.75, 3.05) is 19.7 Å². The second-order valence-corrected chi connectivity index (χ2v) is 8.31. The quantitative estimate of drug-likeness (QED) is 0.861. The second kappa shape index (κ2) is 7.47. The zero-order chi connectivity index (χ0) is 18.9. The fourth-order valence-electron chi connectivity index (χ4n) is 4.96. The van der Waals surface area contributed by atoms with Gasteiger partial charge in [0.25, 0.3) is 5.91 Å². The molecule has 5 nitrogen and oxygen atoms in total. The number of aliphatic hydroxyl groups excluding tert-OH is 1. The molecule has 2 fully saturated rings. The fraction of sp³-hybridized carbons (Fsp3) is 0.545. The Morgan fingerprint density at radius 3 is 2.81 bits per heavy atom. The molecule has 0 aromatic heterocycles. The van der Waals surface area contributed by atoms with Gasteiger partial charge in [-0.05, 0) is 73.6 Å². The number of rotatable bonds is 3. The number of hydrogen-bond acceptors (Lipinski definition) is 3. The van der Waals surface area contributed by atoms with E-state index >= 15 is 0 Å². The first kappa shape index (κ1) is 18.2. The fourth-order valence-corrected chi connectivity index (χ4v) is 4.96. The van der Waals surface area contributed by atoms with Crippen LogP contribution in [0.15, 0.2) is 24.3 Å². The average Bonchev–Trinajstić information content (AvgIpc) is 3.09. The van der Waals surface area contributed by atoms with Gasteiger partial charge in [-0.3, -0.25) is 9.59 Å². The highest BCUT2D eigenvalue weighted by Crippen LogP contribution is 2.46. The molecule has 1 aliphatic heterocycles.